The van der Waals surface area contributed by atoms with Crippen LogP contribution in [0, 0.1) is 5.92 Å². The first kappa shape index (κ1) is 20.2. The van der Waals surface area contributed by atoms with E-state index < -0.39 is 45.8 Å². The first-order valence-electron chi connectivity index (χ1n) is 8.53. The van der Waals surface area contributed by atoms with Gasteiger partial charge in [0.15, 0.2) is 27.4 Å². The Morgan fingerprint density at radius 1 is 1.29 bits per heavy atom. The van der Waals surface area contributed by atoms with Crippen molar-refractivity contribution in [3.05, 3.63) is 29.2 Å². The zero-order chi connectivity index (χ0) is 20.8. The molecule has 0 aliphatic carbocycles. The third kappa shape index (κ3) is 3.12. The lowest BCUT2D eigenvalue weighted by Crippen LogP contribution is -2.64. The third-order valence-corrected chi connectivity index (χ3v) is 6.65. The Morgan fingerprint density at radius 3 is 2.46 bits per heavy atom. The lowest BCUT2D eigenvalue weighted by atomic mass is 9.84. The molecule has 10 heteroatoms. The highest BCUT2D eigenvalue weighted by molar-refractivity contribution is 7.94. The number of carbonyl (C=O) groups is 2. The number of carboxylic acids is 1. The zero-order valence-corrected chi connectivity index (χ0v) is 16.3. The predicted octanol–water partition coefficient (Wildman–Crippen LogP) is 0.426. The van der Waals surface area contributed by atoms with Crippen LogP contribution < -0.4 is 9.47 Å². The second-order valence-corrected chi connectivity index (χ2v) is 8.58. The van der Waals surface area contributed by atoms with E-state index >= 15 is 0 Å². The van der Waals surface area contributed by atoms with Gasteiger partial charge < -0.3 is 24.6 Å². The van der Waals surface area contributed by atoms with Gasteiger partial charge in [0, 0.05) is 11.5 Å². The molecule has 28 heavy (non-hydrogen) atoms. The Hall–Kier alpha value is -2.59. The van der Waals surface area contributed by atoms with E-state index in [-0.39, 0.29) is 22.6 Å². The Kier molecular flexibility index (Phi) is 5.11. The molecule has 2 fully saturated rings. The van der Waals surface area contributed by atoms with E-state index in [1.807, 2.05) is 0 Å². The second-order valence-electron chi connectivity index (χ2n) is 6.78. The Morgan fingerprint density at radius 2 is 1.93 bits per heavy atom. The number of aliphatic hydroxyl groups excluding tert-OH is 1. The minimum atomic E-state index is -4.00. The molecule has 152 valence electrons. The molecule has 1 unspecified atom stereocenters. The molecule has 0 aromatic heterocycles. The molecule has 2 aliphatic rings. The zero-order valence-electron chi connectivity index (χ0n) is 15.5. The van der Waals surface area contributed by atoms with Crippen molar-refractivity contribution in [3.8, 4) is 11.5 Å². The number of carbonyl (C=O) groups excluding carboxylic acids is 1. The number of aliphatic carboxylic acids is 1. The molecule has 2 N–H and O–H groups in total. The van der Waals surface area contributed by atoms with Crippen LogP contribution in [0.1, 0.15) is 13.3 Å². The quantitative estimate of drug-likeness (QED) is 0.645. The average molecular weight is 411 g/mol. The summed E-state index contributed by atoms with van der Waals surface area (Å²) in [5, 5.41) is 20.2. The molecular formula is C18H21NO8S. The standard InChI is InChI=1S/C18H21NO8S/c1-9(20)15-12-6-10(16(18(22)23)19(12)17(15)21)8-28(24,25)11-4-5-13(26-2)14(7-11)27-3/h4-5,7-9,12,15-16,20H,6H2,1-3H3,(H,22,23)/b10-8+/t9-,12-,15+,16?/m1/s1. The van der Waals surface area contributed by atoms with E-state index in [1.54, 1.807) is 0 Å². The van der Waals surface area contributed by atoms with Crippen LogP contribution in [-0.4, -0.2) is 67.8 Å². The lowest BCUT2D eigenvalue weighted by Gasteiger charge is -2.45. The minimum absolute atomic E-state index is 0.0742. The van der Waals surface area contributed by atoms with Gasteiger partial charge in [-0.15, -0.1) is 0 Å². The van der Waals surface area contributed by atoms with Gasteiger partial charge in [-0.05, 0) is 31.1 Å². The second kappa shape index (κ2) is 7.10. The van der Waals surface area contributed by atoms with Crippen molar-refractivity contribution < 1.29 is 37.7 Å². The molecule has 2 heterocycles. The van der Waals surface area contributed by atoms with Crippen LogP contribution in [0.5, 0.6) is 11.5 Å². The van der Waals surface area contributed by atoms with Crippen molar-refractivity contribution in [2.24, 2.45) is 5.92 Å². The maximum absolute atomic E-state index is 12.8. The number of amides is 1. The van der Waals surface area contributed by atoms with Gasteiger partial charge >= 0.3 is 5.97 Å². The highest BCUT2D eigenvalue weighted by Crippen LogP contribution is 2.44. The number of carboxylic acid groups (broad SMARTS) is 1. The van der Waals surface area contributed by atoms with E-state index in [2.05, 4.69) is 0 Å². The summed E-state index contributed by atoms with van der Waals surface area (Å²) in [7, 11) is -1.21. The molecule has 0 bridgehead atoms. The fourth-order valence-corrected chi connectivity index (χ4v) is 5.13. The number of benzene rings is 1. The summed E-state index contributed by atoms with van der Waals surface area (Å²) in [5.41, 5.74) is 0.101. The number of hydrogen-bond donors (Lipinski definition) is 2. The van der Waals surface area contributed by atoms with Crippen molar-refractivity contribution in [2.75, 3.05) is 14.2 Å². The van der Waals surface area contributed by atoms with E-state index in [9.17, 15) is 28.2 Å². The van der Waals surface area contributed by atoms with Gasteiger partial charge in [0.2, 0.25) is 5.91 Å². The topological polar surface area (TPSA) is 130 Å². The highest BCUT2D eigenvalue weighted by atomic mass is 32.2. The van der Waals surface area contributed by atoms with E-state index in [4.69, 9.17) is 9.47 Å². The van der Waals surface area contributed by atoms with Crippen molar-refractivity contribution in [1.82, 2.24) is 4.90 Å². The fraction of sp³-hybridized carbons (Fsp3) is 0.444. The normalized spacial score (nSPS) is 26.6. The van der Waals surface area contributed by atoms with Gasteiger partial charge in [-0.25, -0.2) is 13.2 Å². The molecule has 0 spiro atoms. The van der Waals surface area contributed by atoms with E-state index in [1.165, 1.54) is 39.3 Å². The molecule has 2 aliphatic heterocycles. The number of fused-ring (bicyclic) bond motifs is 1. The number of sulfone groups is 1. The number of ether oxygens (including phenoxy) is 2. The van der Waals surface area contributed by atoms with Crippen molar-refractivity contribution in [3.63, 3.8) is 0 Å². The van der Waals surface area contributed by atoms with Crippen molar-refractivity contribution in [1.29, 1.82) is 0 Å². The van der Waals surface area contributed by atoms with Crippen LogP contribution in [0.4, 0.5) is 0 Å². The molecule has 9 nitrogen and oxygen atoms in total. The molecule has 1 aromatic rings. The van der Waals surface area contributed by atoms with Gasteiger partial charge in [-0.3, -0.25) is 4.79 Å². The molecule has 4 atom stereocenters. The van der Waals surface area contributed by atoms with Gasteiger partial charge in [0.1, 0.15) is 0 Å². The minimum Gasteiger partial charge on any atom is -0.493 e. The third-order valence-electron chi connectivity index (χ3n) is 5.13. The van der Waals surface area contributed by atoms with Crippen LogP contribution in [0.2, 0.25) is 0 Å². The molecule has 3 rings (SSSR count). The van der Waals surface area contributed by atoms with Crippen molar-refractivity contribution in [2.45, 2.75) is 36.4 Å². The average Bonchev–Trinajstić information content (AvgIpc) is 2.94. The molecule has 1 aromatic carbocycles. The van der Waals surface area contributed by atoms with Gasteiger partial charge in [0.25, 0.3) is 0 Å². The highest BCUT2D eigenvalue weighted by Gasteiger charge is 2.59. The number of aliphatic hydroxyl groups is 1. The summed E-state index contributed by atoms with van der Waals surface area (Å²) in [5.74, 6) is -1.95. The number of β-lactam (4-membered cyclic amide) rings is 1. The van der Waals surface area contributed by atoms with Crippen molar-refractivity contribution >= 4 is 21.7 Å². The number of rotatable bonds is 6. The molecule has 2 saturated heterocycles. The maximum atomic E-state index is 12.8. The van der Waals surface area contributed by atoms with Crippen LogP contribution in [0.3, 0.4) is 0 Å². The van der Waals surface area contributed by atoms with E-state index in [0.29, 0.717) is 5.75 Å². The summed E-state index contributed by atoms with van der Waals surface area (Å²) in [6.45, 7) is 1.46. The van der Waals surface area contributed by atoms with Crippen LogP contribution in [0.25, 0.3) is 0 Å². The summed E-state index contributed by atoms with van der Waals surface area (Å²) in [6.07, 6.45) is -0.866. The summed E-state index contributed by atoms with van der Waals surface area (Å²) >= 11 is 0. The monoisotopic (exact) mass is 411 g/mol. The number of hydrogen-bond acceptors (Lipinski definition) is 7. The van der Waals surface area contributed by atoms with Gasteiger partial charge in [-0.2, -0.15) is 0 Å². The van der Waals surface area contributed by atoms with Crippen LogP contribution in [0.15, 0.2) is 34.1 Å². The molecular weight excluding hydrogens is 390 g/mol. The molecule has 1 amide bonds. The fourth-order valence-electron chi connectivity index (χ4n) is 3.85. The largest absolute Gasteiger partial charge is 0.493 e. The van der Waals surface area contributed by atoms with Crippen LogP contribution >= 0.6 is 0 Å². The lowest BCUT2D eigenvalue weighted by molar-refractivity contribution is -0.169. The van der Waals surface area contributed by atoms with E-state index in [0.717, 1.165) is 10.3 Å². The van der Waals surface area contributed by atoms with Crippen LogP contribution in [-0.2, 0) is 19.4 Å². The predicted molar refractivity (Wildman–Crippen MR) is 96.7 cm³/mol. The Bertz CT molecular complexity index is 952. The maximum Gasteiger partial charge on any atom is 0.330 e. The van der Waals surface area contributed by atoms with Gasteiger partial charge in [0.05, 0.1) is 37.2 Å². The summed E-state index contributed by atoms with van der Waals surface area (Å²) < 4.78 is 35.9. The smallest absolute Gasteiger partial charge is 0.330 e. The summed E-state index contributed by atoms with van der Waals surface area (Å²) in [6, 6.07) is 2.17. The SMILES string of the molecule is COc1ccc(S(=O)(=O)/C=C2\C[C@@H]3[C@H]([C@@H](C)O)C(=O)N3C2C(=O)O)cc1OC. The Balaban J connectivity index is 1.99. The molecule has 0 radical (unpaired) electrons. The first-order chi connectivity index (χ1) is 13.1. The Labute approximate surface area is 162 Å². The number of nitrogens with zero attached hydrogens (tertiary/aromatic N) is 1. The van der Waals surface area contributed by atoms with Gasteiger partial charge in [-0.1, -0.05) is 0 Å². The number of methoxy groups -OCH3 is 2. The molecule has 0 saturated carbocycles. The summed E-state index contributed by atoms with van der Waals surface area (Å²) in [4.78, 5) is 25.0. The first-order valence-corrected chi connectivity index (χ1v) is 10.1.